The van der Waals surface area contributed by atoms with Gasteiger partial charge in [-0.1, -0.05) is 11.6 Å². The number of carbonyl (C=O) groups excluding carboxylic acids is 1. The topological polar surface area (TPSA) is 54.7 Å². The van der Waals surface area contributed by atoms with Crippen molar-refractivity contribution in [1.82, 2.24) is 10.2 Å². The molecule has 2 rings (SSSR count). The number of hydrogen-bond acceptors (Lipinski definition) is 4. The van der Waals surface area contributed by atoms with Crippen LogP contribution in [0.2, 0.25) is 5.02 Å². The van der Waals surface area contributed by atoms with Gasteiger partial charge >= 0.3 is 0 Å². The predicted molar refractivity (Wildman–Crippen MR) is 99.1 cm³/mol. The van der Waals surface area contributed by atoms with Gasteiger partial charge in [-0.3, -0.25) is 9.69 Å². The molecule has 6 heteroatoms. The Morgan fingerprint density at radius 1 is 1.36 bits per heavy atom. The average Bonchev–Trinajstić information content (AvgIpc) is 3.09. The van der Waals surface area contributed by atoms with Crippen LogP contribution >= 0.6 is 11.6 Å². The zero-order chi connectivity index (χ0) is 18.2. The van der Waals surface area contributed by atoms with Crippen LogP contribution in [0.1, 0.15) is 30.2 Å². The number of likely N-dealkylation sites (N-methyl/N-ethyl adjacent to an activating group) is 1. The summed E-state index contributed by atoms with van der Waals surface area (Å²) in [4.78, 5) is 14.0. The zero-order valence-electron chi connectivity index (χ0n) is 14.9. The standard InChI is InChI=1S/C19H25ClN2O3/c1-14-12-15(8-9-16(14)20)24-10-5-7-19(23)21-13-17(22(2)3)18-6-4-11-25-18/h4,6,8-9,11-12,17H,5,7,10,13H2,1-3H3,(H,21,23). The van der Waals surface area contributed by atoms with E-state index in [9.17, 15) is 4.79 Å². The Morgan fingerprint density at radius 3 is 2.80 bits per heavy atom. The van der Waals surface area contributed by atoms with E-state index in [4.69, 9.17) is 20.8 Å². The van der Waals surface area contributed by atoms with E-state index in [1.54, 1.807) is 6.26 Å². The SMILES string of the molecule is Cc1cc(OCCCC(=O)NCC(c2ccco2)N(C)C)ccc1Cl. The molecule has 5 nitrogen and oxygen atoms in total. The van der Waals surface area contributed by atoms with Gasteiger partial charge in [0.2, 0.25) is 5.91 Å². The van der Waals surface area contributed by atoms with Crippen LogP contribution in [0.3, 0.4) is 0 Å². The van der Waals surface area contributed by atoms with Crippen LogP contribution in [0.25, 0.3) is 0 Å². The number of rotatable bonds is 9. The van der Waals surface area contributed by atoms with E-state index in [0.717, 1.165) is 22.1 Å². The van der Waals surface area contributed by atoms with Crippen molar-refractivity contribution in [3.05, 3.63) is 52.9 Å². The quantitative estimate of drug-likeness (QED) is 0.687. The van der Waals surface area contributed by atoms with Gasteiger partial charge in [-0.25, -0.2) is 0 Å². The molecule has 1 N–H and O–H groups in total. The summed E-state index contributed by atoms with van der Waals surface area (Å²) in [6, 6.07) is 9.33. The van der Waals surface area contributed by atoms with Crippen LogP contribution in [0.4, 0.5) is 0 Å². The zero-order valence-corrected chi connectivity index (χ0v) is 15.7. The fourth-order valence-electron chi connectivity index (χ4n) is 2.45. The van der Waals surface area contributed by atoms with Crippen LogP contribution in [0.5, 0.6) is 5.75 Å². The Balaban J connectivity index is 1.69. The van der Waals surface area contributed by atoms with Gasteiger partial charge in [0.05, 0.1) is 18.9 Å². The highest BCUT2D eigenvalue weighted by Gasteiger charge is 2.17. The van der Waals surface area contributed by atoms with E-state index >= 15 is 0 Å². The smallest absolute Gasteiger partial charge is 0.220 e. The first-order valence-corrected chi connectivity index (χ1v) is 8.70. The summed E-state index contributed by atoms with van der Waals surface area (Å²) in [5, 5.41) is 3.68. The molecule has 0 aliphatic rings. The fraction of sp³-hybridized carbons (Fsp3) is 0.421. The van der Waals surface area contributed by atoms with E-state index in [0.29, 0.717) is 26.0 Å². The molecular weight excluding hydrogens is 340 g/mol. The molecule has 136 valence electrons. The minimum Gasteiger partial charge on any atom is -0.494 e. The number of aryl methyl sites for hydroxylation is 1. The Kier molecular flexibility index (Phi) is 7.34. The molecule has 1 heterocycles. The number of halogens is 1. The highest BCUT2D eigenvalue weighted by molar-refractivity contribution is 6.31. The van der Waals surface area contributed by atoms with Crippen molar-refractivity contribution in [3.63, 3.8) is 0 Å². The lowest BCUT2D eigenvalue weighted by atomic mass is 10.2. The summed E-state index contributed by atoms with van der Waals surface area (Å²) < 4.78 is 11.1. The van der Waals surface area contributed by atoms with Crippen molar-refractivity contribution < 1.29 is 13.9 Å². The maximum atomic E-state index is 12.0. The number of carbonyl (C=O) groups is 1. The lowest BCUT2D eigenvalue weighted by molar-refractivity contribution is -0.121. The summed E-state index contributed by atoms with van der Waals surface area (Å²) in [6.07, 6.45) is 2.72. The largest absolute Gasteiger partial charge is 0.494 e. The van der Waals surface area contributed by atoms with Crippen molar-refractivity contribution in [2.75, 3.05) is 27.2 Å². The molecule has 0 fully saturated rings. The van der Waals surface area contributed by atoms with Crippen molar-refractivity contribution in [3.8, 4) is 5.75 Å². The van der Waals surface area contributed by atoms with E-state index in [1.807, 2.05) is 56.3 Å². The molecule has 25 heavy (non-hydrogen) atoms. The normalized spacial score (nSPS) is 12.2. The summed E-state index contributed by atoms with van der Waals surface area (Å²) >= 11 is 5.98. The van der Waals surface area contributed by atoms with Gasteiger partial charge in [0.15, 0.2) is 0 Å². The lowest BCUT2D eigenvalue weighted by Gasteiger charge is -2.22. The first-order chi connectivity index (χ1) is 12.0. The highest BCUT2D eigenvalue weighted by Crippen LogP contribution is 2.21. The maximum absolute atomic E-state index is 12.0. The van der Waals surface area contributed by atoms with Crippen molar-refractivity contribution in [1.29, 1.82) is 0 Å². The Morgan fingerprint density at radius 2 is 2.16 bits per heavy atom. The minimum atomic E-state index is 0.00860. The molecule has 1 aromatic heterocycles. The van der Waals surface area contributed by atoms with Crippen LogP contribution < -0.4 is 10.1 Å². The number of nitrogens with zero attached hydrogens (tertiary/aromatic N) is 1. The molecule has 0 radical (unpaired) electrons. The van der Waals surface area contributed by atoms with Crippen LogP contribution in [-0.4, -0.2) is 38.1 Å². The first-order valence-electron chi connectivity index (χ1n) is 8.33. The van der Waals surface area contributed by atoms with Crippen molar-refractivity contribution in [2.45, 2.75) is 25.8 Å². The number of benzene rings is 1. The van der Waals surface area contributed by atoms with E-state index in [1.165, 1.54) is 0 Å². The third kappa shape index (κ3) is 6.11. The molecule has 1 atom stereocenters. The number of nitrogens with one attached hydrogen (secondary N) is 1. The Hall–Kier alpha value is -1.98. The molecular formula is C19H25ClN2O3. The summed E-state index contributed by atoms with van der Waals surface area (Å²) in [5.41, 5.74) is 0.976. The van der Waals surface area contributed by atoms with E-state index in [-0.39, 0.29) is 11.9 Å². The number of amides is 1. The average molecular weight is 365 g/mol. The second-order valence-corrected chi connectivity index (χ2v) is 6.57. The molecule has 0 spiro atoms. The second kappa shape index (κ2) is 9.49. The van der Waals surface area contributed by atoms with Crippen LogP contribution in [0.15, 0.2) is 41.0 Å². The monoisotopic (exact) mass is 364 g/mol. The summed E-state index contributed by atoms with van der Waals surface area (Å²) in [6.45, 7) is 2.93. The summed E-state index contributed by atoms with van der Waals surface area (Å²) in [7, 11) is 3.92. The Labute approximate surface area is 153 Å². The van der Waals surface area contributed by atoms with Crippen molar-refractivity contribution >= 4 is 17.5 Å². The molecule has 1 unspecified atom stereocenters. The third-order valence-corrected chi connectivity index (χ3v) is 4.36. The first kappa shape index (κ1) is 19.3. The molecule has 1 aromatic carbocycles. The molecule has 0 aliphatic heterocycles. The van der Waals surface area contributed by atoms with Gasteiger partial charge in [-0.2, -0.15) is 0 Å². The highest BCUT2D eigenvalue weighted by atomic mass is 35.5. The number of furan rings is 1. The van der Waals surface area contributed by atoms with Gasteiger partial charge in [-0.15, -0.1) is 0 Å². The molecule has 0 aliphatic carbocycles. The second-order valence-electron chi connectivity index (χ2n) is 6.16. The van der Waals surface area contributed by atoms with E-state index in [2.05, 4.69) is 5.32 Å². The lowest BCUT2D eigenvalue weighted by Crippen LogP contribution is -2.34. The maximum Gasteiger partial charge on any atom is 0.220 e. The number of hydrogen-bond donors (Lipinski definition) is 1. The molecule has 0 bridgehead atoms. The van der Waals surface area contributed by atoms with Gasteiger partial charge in [0.25, 0.3) is 0 Å². The minimum absolute atomic E-state index is 0.00860. The summed E-state index contributed by atoms with van der Waals surface area (Å²) in [5.74, 6) is 1.62. The predicted octanol–water partition coefficient (Wildman–Crippen LogP) is 3.82. The fourth-order valence-corrected chi connectivity index (χ4v) is 2.56. The van der Waals surface area contributed by atoms with Gasteiger partial charge in [-0.05, 0) is 63.3 Å². The molecule has 0 saturated carbocycles. The van der Waals surface area contributed by atoms with Crippen molar-refractivity contribution in [2.24, 2.45) is 0 Å². The Bertz CT molecular complexity index is 671. The third-order valence-electron chi connectivity index (χ3n) is 3.93. The molecule has 2 aromatic rings. The van der Waals surface area contributed by atoms with Gasteiger partial charge in [0.1, 0.15) is 11.5 Å². The van der Waals surface area contributed by atoms with Gasteiger partial charge < -0.3 is 14.5 Å². The molecule has 1 amide bonds. The number of ether oxygens (including phenoxy) is 1. The molecule has 0 saturated heterocycles. The van der Waals surface area contributed by atoms with E-state index < -0.39 is 0 Å². The van der Waals surface area contributed by atoms with Crippen LogP contribution in [0, 0.1) is 6.92 Å². The van der Waals surface area contributed by atoms with Gasteiger partial charge in [0, 0.05) is 18.0 Å². The van der Waals surface area contributed by atoms with Crippen LogP contribution in [-0.2, 0) is 4.79 Å².